The molecule has 1 amide bonds. The van der Waals surface area contributed by atoms with E-state index in [0.717, 1.165) is 5.56 Å². The van der Waals surface area contributed by atoms with E-state index in [-0.39, 0.29) is 15.5 Å². The van der Waals surface area contributed by atoms with Crippen LogP contribution < -0.4 is 10.0 Å². The highest BCUT2D eigenvalue weighted by Gasteiger charge is 2.20. The second-order valence-corrected chi connectivity index (χ2v) is 8.70. The second-order valence-electron chi connectivity index (χ2n) is 6.64. The first kappa shape index (κ1) is 22.3. The molecule has 0 fully saturated rings. The van der Waals surface area contributed by atoms with Gasteiger partial charge in [0.1, 0.15) is 4.90 Å². The number of carbonyl (C=O) groups excluding carboxylic acids is 2. The van der Waals surface area contributed by atoms with Crippen LogP contribution in [0.2, 0.25) is 5.02 Å². The molecule has 2 N–H and O–H groups in total. The lowest BCUT2D eigenvalue weighted by atomic mass is 10.2. The molecule has 160 valence electrons. The molecule has 0 aliphatic rings. The van der Waals surface area contributed by atoms with E-state index in [4.69, 9.17) is 11.6 Å². The fourth-order valence-corrected chi connectivity index (χ4v) is 4.28. The van der Waals surface area contributed by atoms with Crippen LogP contribution in [0.1, 0.15) is 26.3 Å². The van der Waals surface area contributed by atoms with Gasteiger partial charge in [0.25, 0.3) is 15.9 Å². The molecule has 0 spiro atoms. The summed E-state index contributed by atoms with van der Waals surface area (Å²) in [6.45, 7) is 1.89. The number of hydrogen-bond donors (Lipinski definition) is 2. The van der Waals surface area contributed by atoms with E-state index in [1.54, 1.807) is 24.3 Å². The van der Waals surface area contributed by atoms with E-state index in [2.05, 4.69) is 14.8 Å². The van der Waals surface area contributed by atoms with Gasteiger partial charge in [-0.25, -0.2) is 13.2 Å². The maximum absolute atomic E-state index is 12.8. The molecule has 0 saturated carbocycles. The van der Waals surface area contributed by atoms with Crippen LogP contribution in [0.25, 0.3) is 0 Å². The molecule has 0 aromatic heterocycles. The lowest BCUT2D eigenvalue weighted by molar-refractivity contribution is 0.0600. The Bertz CT molecular complexity index is 1220. The molecule has 0 unspecified atom stereocenters. The fourth-order valence-electron chi connectivity index (χ4n) is 2.69. The highest BCUT2D eigenvalue weighted by atomic mass is 35.5. The van der Waals surface area contributed by atoms with Crippen LogP contribution >= 0.6 is 11.6 Å². The highest BCUT2D eigenvalue weighted by Crippen LogP contribution is 2.26. The van der Waals surface area contributed by atoms with Gasteiger partial charge in [-0.15, -0.1) is 0 Å². The predicted molar refractivity (Wildman–Crippen MR) is 119 cm³/mol. The van der Waals surface area contributed by atoms with E-state index >= 15 is 0 Å². The van der Waals surface area contributed by atoms with Gasteiger partial charge >= 0.3 is 5.97 Å². The molecule has 31 heavy (non-hydrogen) atoms. The number of benzene rings is 3. The van der Waals surface area contributed by atoms with Crippen molar-refractivity contribution in [2.75, 3.05) is 17.1 Å². The number of rotatable bonds is 6. The smallest absolute Gasteiger partial charge is 0.337 e. The molecule has 0 radical (unpaired) electrons. The van der Waals surface area contributed by atoms with Crippen LogP contribution in [-0.2, 0) is 14.8 Å². The van der Waals surface area contributed by atoms with E-state index in [9.17, 15) is 18.0 Å². The molecule has 3 aromatic carbocycles. The summed E-state index contributed by atoms with van der Waals surface area (Å²) in [5, 5.41) is 2.63. The summed E-state index contributed by atoms with van der Waals surface area (Å²) in [5.41, 5.74) is 2.23. The predicted octanol–water partition coefficient (Wildman–Crippen LogP) is 4.49. The van der Waals surface area contributed by atoms with Crippen LogP contribution in [0.15, 0.2) is 71.6 Å². The molecule has 0 saturated heterocycles. The molecule has 7 nitrogen and oxygen atoms in total. The number of carbonyl (C=O) groups is 2. The first-order valence-corrected chi connectivity index (χ1v) is 10.9. The van der Waals surface area contributed by atoms with Gasteiger partial charge in [0.05, 0.1) is 17.7 Å². The third-order valence-electron chi connectivity index (χ3n) is 4.35. The largest absolute Gasteiger partial charge is 0.465 e. The van der Waals surface area contributed by atoms with Gasteiger partial charge < -0.3 is 10.1 Å². The number of anilines is 2. The Balaban J connectivity index is 1.81. The van der Waals surface area contributed by atoms with E-state index in [1.807, 2.05) is 6.92 Å². The lowest BCUT2D eigenvalue weighted by Crippen LogP contribution is -2.16. The Labute approximate surface area is 185 Å². The number of methoxy groups -OCH3 is 1. The third-order valence-corrected chi connectivity index (χ3v) is 6.21. The Morgan fingerprint density at radius 3 is 2.06 bits per heavy atom. The molecule has 0 aliphatic heterocycles. The van der Waals surface area contributed by atoms with Gasteiger partial charge in [-0.05, 0) is 61.5 Å². The van der Waals surface area contributed by atoms with Crippen molar-refractivity contribution in [2.45, 2.75) is 11.8 Å². The second kappa shape index (κ2) is 9.20. The minimum absolute atomic E-state index is 0.0152. The minimum atomic E-state index is -4.02. The molecule has 3 aromatic rings. The van der Waals surface area contributed by atoms with Crippen LogP contribution in [0.4, 0.5) is 11.4 Å². The molecule has 0 bridgehead atoms. The Morgan fingerprint density at radius 1 is 0.871 bits per heavy atom. The van der Waals surface area contributed by atoms with Crippen LogP contribution in [0.5, 0.6) is 0 Å². The van der Waals surface area contributed by atoms with Gasteiger partial charge in [0.2, 0.25) is 0 Å². The quantitative estimate of drug-likeness (QED) is 0.530. The number of nitrogens with one attached hydrogen (secondary N) is 2. The number of hydrogen-bond acceptors (Lipinski definition) is 5. The molecular weight excluding hydrogens is 440 g/mol. The summed E-state index contributed by atoms with van der Waals surface area (Å²) in [6.07, 6.45) is 0. The Hall–Kier alpha value is -3.36. The number of ether oxygens (including phenoxy) is 1. The molecular formula is C22H19ClN2O5S. The highest BCUT2D eigenvalue weighted by molar-refractivity contribution is 7.92. The summed E-state index contributed by atoms with van der Waals surface area (Å²) in [7, 11) is -2.74. The van der Waals surface area contributed by atoms with Gasteiger partial charge in [0, 0.05) is 16.9 Å². The van der Waals surface area contributed by atoms with Crippen molar-refractivity contribution in [3.63, 3.8) is 0 Å². The number of amides is 1. The normalized spacial score (nSPS) is 10.9. The van der Waals surface area contributed by atoms with Crippen LogP contribution in [0.3, 0.4) is 0 Å². The maximum atomic E-state index is 12.8. The number of aryl methyl sites for hydroxylation is 1. The summed E-state index contributed by atoms with van der Waals surface area (Å²) in [5.74, 6) is -1.03. The zero-order chi connectivity index (χ0) is 22.6. The molecule has 0 heterocycles. The summed E-state index contributed by atoms with van der Waals surface area (Å²) >= 11 is 6.10. The molecule has 0 aliphatic carbocycles. The van der Waals surface area contributed by atoms with Gasteiger partial charge in [0.15, 0.2) is 0 Å². The van der Waals surface area contributed by atoms with Crippen molar-refractivity contribution >= 4 is 44.9 Å². The van der Waals surface area contributed by atoms with Crippen molar-refractivity contribution in [1.82, 2.24) is 0 Å². The number of halogens is 1. The van der Waals surface area contributed by atoms with Gasteiger partial charge in [-0.2, -0.15) is 0 Å². The third kappa shape index (κ3) is 5.42. The zero-order valence-electron chi connectivity index (χ0n) is 16.7. The molecule has 9 heteroatoms. The minimum Gasteiger partial charge on any atom is -0.465 e. The van der Waals surface area contributed by atoms with Crippen molar-refractivity contribution in [3.05, 3.63) is 88.4 Å². The van der Waals surface area contributed by atoms with Crippen molar-refractivity contribution in [2.24, 2.45) is 0 Å². The number of esters is 1. The first-order valence-electron chi connectivity index (χ1n) is 9.08. The first-order chi connectivity index (χ1) is 14.7. The summed E-state index contributed by atoms with van der Waals surface area (Å²) in [6, 6.07) is 16.9. The monoisotopic (exact) mass is 458 g/mol. The maximum Gasteiger partial charge on any atom is 0.337 e. The zero-order valence-corrected chi connectivity index (χ0v) is 18.3. The molecule has 0 atom stereocenters. The van der Waals surface area contributed by atoms with E-state index < -0.39 is 21.9 Å². The van der Waals surface area contributed by atoms with Crippen molar-refractivity contribution in [3.8, 4) is 0 Å². The Morgan fingerprint density at radius 2 is 1.45 bits per heavy atom. The topological polar surface area (TPSA) is 102 Å². The Kier molecular flexibility index (Phi) is 6.62. The summed E-state index contributed by atoms with van der Waals surface area (Å²) in [4.78, 5) is 23.9. The average molecular weight is 459 g/mol. The van der Waals surface area contributed by atoms with E-state index in [0.29, 0.717) is 16.9 Å². The lowest BCUT2D eigenvalue weighted by Gasteiger charge is -2.12. The van der Waals surface area contributed by atoms with Crippen LogP contribution in [-0.4, -0.2) is 27.4 Å². The fraction of sp³-hybridized carbons (Fsp3) is 0.0909. The van der Waals surface area contributed by atoms with Crippen molar-refractivity contribution < 1.29 is 22.7 Å². The standard InChI is InChI=1S/C22H19ClN2O5S/c1-14-3-8-18(9-4-14)25-31(28,29)20-13-16(7-12-19(20)23)21(26)24-17-10-5-15(6-11-17)22(27)30-2/h3-13,25H,1-2H3,(H,24,26). The summed E-state index contributed by atoms with van der Waals surface area (Å²) < 4.78 is 32.7. The number of sulfonamides is 1. The SMILES string of the molecule is COC(=O)c1ccc(NC(=O)c2ccc(Cl)c(S(=O)(=O)Nc3ccc(C)cc3)c2)cc1. The van der Waals surface area contributed by atoms with E-state index in [1.165, 1.54) is 49.6 Å². The van der Waals surface area contributed by atoms with Gasteiger partial charge in [-0.1, -0.05) is 29.3 Å². The average Bonchev–Trinajstić information content (AvgIpc) is 2.75. The molecule has 3 rings (SSSR count). The van der Waals surface area contributed by atoms with Crippen LogP contribution in [0, 0.1) is 6.92 Å². The van der Waals surface area contributed by atoms with Gasteiger partial charge in [-0.3, -0.25) is 9.52 Å². The van der Waals surface area contributed by atoms with Crippen molar-refractivity contribution in [1.29, 1.82) is 0 Å².